The van der Waals surface area contributed by atoms with Gasteiger partial charge in [0.1, 0.15) is 23.0 Å². The Morgan fingerprint density at radius 3 is 2.60 bits per heavy atom. The SMILES string of the molecule is COc1ccc2c(c1)OC(=C(C)c1ccc(O)cc1)C2. The van der Waals surface area contributed by atoms with Gasteiger partial charge in [0.05, 0.1) is 7.11 Å². The molecule has 0 unspecified atom stereocenters. The van der Waals surface area contributed by atoms with Gasteiger partial charge in [-0.1, -0.05) is 18.2 Å². The second-order valence-electron chi connectivity index (χ2n) is 4.85. The van der Waals surface area contributed by atoms with Gasteiger partial charge in [-0.05, 0) is 36.3 Å². The first kappa shape index (κ1) is 12.6. The molecule has 0 aromatic heterocycles. The first-order chi connectivity index (χ1) is 9.67. The van der Waals surface area contributed by atoms with Crippen molar-refractivity contribution in [1.82, 2.24) is 0 Å². The van der Waals surface area contributed by atoms with Gasteiger partial charge >= 0.3 is 0 Å². The number of rotatable bonds is 2. The van der Waals surface area contributed by atoms with Gasteiger partial charge in [-0.2, -0.15) is 0 Å². The molecule has 0 aliphatic carbocycles. The molecule has 1 aliphatic rings. The summed E-state index contributed by atoms with van der Waals surface area (Å²) in [6.45, 7) is 2.03. The topological polar surface area (TPSA) is 38.7 Å². The van der Waals surface area contributed by atoms with Crippen LogP contribution < -0.4 is 9.47 Å². The predicted molar refractivity (Wildman–Crippen MR) is 78.0 cm³/mol. The maximum absolute atomic E-state index is 9.34. The molecule has 20 heavy (non-hydrogen) atoms. The first-order valence-corrected chi connectivity index (χ1v) is 6.51. The van der Waals surface area contributed by atoms with Crippen LogP contribution in [0.2, 0.25) is 0 Å². The number of hydrogen-bond acceptors (Lipinski definition) is 3. The zero-order chi connectivity index (χ0) is 14.1. The van der Waals surface area contributed by atoms with E-state index in [0.717, 1.165) is 34.8 Å². The highest BCUT2D eigenvalue weighted by Gasteiger charge is 2.20. The Balaban J connectivity index is 1.93. The lowest BCUT2D eigenvalue weighted by Gasteiger charge is -2.07. The van der Waals surface area contributed by atoms with Gasteiger partial charge in [0.25, 0.3) is 0 Å². The molecule has 1 N–H and O–H groups in total. The van der Waals surface area contributed by atoms with Gasteiger partial charge in [0, 0.05) is 18.1 Å². The Morgan fingerprint density at radius 1 is 1.15 bits per heavy atom. The van der Waals surface area contributed by atoms with Crippen LogP contribution in [0.1, 0.15) is 18.1 Å². The maximum Gasteiger partial charge on any atom is 0.134 e. The Labute approximate surface area is 118 Å². The highest BCUT2D eigenvalue weighted by Crippen LogP contribution is 2.37. The van der Waals surface area contributed by atoms with Crippen LogP contribution in [0, 0.1) is 0 Å². The quantitative estimate of drug-likeness (QED) is 0.901. The summed E-state index contributed by atoms with van der Waals surface area (Å²) in [7, 11) is 1.65. The minimum Gasteiger partial charge on any atom is -0.508 e. The lowest BCUT2D eigenvalue weighted by atomic mass is 10.0. The highest BCUT2D eigenvalue weighted by atomic mass is 16.5. The smallest absolute Gasteiger partial charge is 0.134 e. The number of ether oxygens (including phenoxy) is 2. The van der Waals surface area contributed by atoms with E-state index in [4.69, 9.17) is 9.47 Å². The molecule has 0 bridgehead atoms. The summed E-state index contributed by atoms with van der Waals surface area (Å²) >= 11 is 0. The van der Waals surface area contributed by atoms with Crippen molar-refractivity contribution in [2.75, 3.05) is 7.11 Å². The molecule has 3 rings (SSSR count). The van der Waals surface area contributed by atoms with E-state index < -0.39 is 0 Å². The van der Waals surface area contributed by atoms with Gasteiger partial charge < -0.3 is 14.6 Å². The van der Waals surface area contributed by atoms with Gasteiger partial charge in [0.15, 0.2) is 0 Å². The van der Waals surface area contributed by atoms with Crippen molar-refractivity contribution < 1.29 is 14.6 Å². The fraction of sp³-hybridized carbons (Fsp3) is 0.176. The Kier molecular flexibility index (Phi) is 3.11. The second-order valence-corrected chi connectivity index (χ2v) is 4.85. The number of phenols is 1. The van der Waals surface area contributed by atoms with E-state index in [1.54, 1.807) is 19.2 Å². The summed E-state index contributed by atoms with van der Waals surface area (Å²) < 4.78 is 11.1. The summed E-state index contributed by atoms with van der Waals surface area (Å²) in [4.78, 5) is 0. The van der Waals surface area contributed by atoms with Crippen LogP contribution in [0.25, 0.3) is 5.57 Å². The van der Waals surface area contributed by atoms with Crippen LogP contribution in [0.3, 0.4) is 0 Å². The molecule has 2 aromatic carbocycles. The number of fused-ring (bicyclic) bond motifs is 1. The van der Waals surface area contributed by atoms with E-state index in [2.05, 4.69) is 0 Å². The average Bonchev–Trinajstić information content (AvgIpc) is 2.90. The summed E-state index contributed by atoms with van der Waals surface area (Å²) in [5.74, 6) is 2.87. The number of phenolic OH excluding ortho intramolecular Hbond substituents is 1. The first-order valence-electron chi connectivity index (χ1n) is 6.51. The van der Waals surface area contributed by atoms with Crippen LogP contribution in [0.4, 0.5) is 0 Å². The lowest BCUT2D eigenvalue weighted by Crippen LogP contribution is -1.93. The van der Waals surface area contributed by atoms with Crippen molar-refractivity contribution in [2.45, 2.75) is 13.3 Å². The molecule has 2 aromatic rings. The lowest BCUT2D eigenvalue weighted by molar-refractivity contribution is 0.407. The molecule has 1 heterocycles. The van der Waals surface area contributed by atoms with Crippen LogP contribution in [-0.2, 0) is 6.42 Å². The van der Waals surface area contributed by atoms with Crippen LogP contribution >= 0.6 is 0 Å². The Morgan fingerprint density at radius 2 is 1.90 bits per heavy atom. The summed E-state index contributed by atoms with van der Waals surface area (Å²) in [5.41, 5.74) is 3.30. The zero-order valence-corrected chi connectivity index (χ0v) is 11.5. The van der Waals surface area contributed by atoms with Gasteiger partial charge in [-0.3, -0.25) is 0 Å². The fourth-order valence-electron chi connectivity index (χ4n) is 2.33. The zero-order valence-electron chi connectivity index (χ0n) is 11.5. The van der Waals surface area contributed by atoms with Crippen LogP contribution in [-0.4, -0.2) is 12.2 Å². The molecule has 3 nitrogen and oxygen atoms in total. The standard InChI is InChI=1S/C17H16O3/c1-11(12-3-6-14(18)7-4-12)16-9-13-5-8-15(19-2)10-17(13)20-16/h3-8,10,18H,9H2,1-2H3. The normalized spacial score (nSPS) is 15.5. The predicted octanol–water partition coefficient (Wildman–Crippen LogP) is 3.77. The van der Waals surface area contributed by atoms with Crippen molar-refractivity contribution in [3.05, 3.63) is 59.4 Å². The molecule has 0 radical (unpaired) electrons. The van der Waals surface area contributed by atoms with E-state index >= 15 is 0 Å². The average molecular weight is 268 g/mol. The Bertz CT molecular complexity index is 669. The molecule has 0 fully saturated rings. The second kappa shape index (κ2) is 4.93. The van der Waals surface area contributed by atoms with Crippen molar-refractivity contribution in [1.29, 1.82) is 0 Å². The molecule has 0 atom stereocenters. The van der Waals surface area contributed by atoms with Crippen molar-refractivity contribution in [3.63, 3.8) is 0 Å². The Hall–Kier alpha value is -2.42. The molecule has 0 spiro atoms. The fourth-order valence-corrected chi connectivity index (χ4v) is 2.33. The van der Waals surface area contributed by atoms with Gasteiger partial charge in [0.2, 0.25) is 0 Å². The molecule has 0 amide bonds. The third-order valence-electron chi connectivity index (χ3n) is 3.58. The molecule has 1 aliphatic heterocycles. The summed E-state index contributed by atoms with van der Waals surface area (Å²) in [6, 6.07) is 13.0. The third kappa shape index (κ3) is 2.23. The third-order valence-corrected chi connectivity index (χ3v) is 3.58. The minimum atomic E-state index is 0.270. The van der Waals surface area contributed by atoms with E-state index in [1.165, 1.54) is 5.56 Å². The number of hydrogen-bond donors (Lipinski definition) is 1. The molecular formula is C17H16O3. The molecule has 102 valence electrons. The summed E-state index contributed by atoms with van der Waals surface area (Å²) in [5, 5.41) is 9.34. The van der Waals surface area contributed by atoms with E-state index in [1.807, 2.05) is 37.3 Å². The largest absolute Gasteiger partial charge is 0.508 e. The van der Waals surface area contributed by atoms with Crippen molar-refractivity contribution in [2.24, 2.45) is 0 Å². The van der Waals surface area contributed by atoms with E-state index in [-0.39, 0.29) is 5.75 Å². The van der Waals surface area contributed by atoms with E-state index in [9.17, 15) is 5.11 Å². The minimum absolute atomic E-state index is 0.270. The monoisotopic (exact) mass is 268 g/mol. The van der Waals surface area contributed by atoms with Crippen LogP contribution in [0.5, 0.6) is 17.2 Å². The van der Waals surface area contributed by atoms with Crippen molar-refractivity contribution in [3.8, 4) is 17.2 Å². The molecule has 0 saturated heterocycles. The van der Waals surface area contributed by atoms with Gasteiger partial charge in [-0.15, -0.1) is 0 Å². The van der Waals surface area contributed by atoms with Gasteiger partial charge in [-0.25, -0.2) is 0 Å². The molecule has 0 saturated carbocycles. The van der Waals surface area contributed by atoms with Crippen molar-refractivity contribution >= 4 is 5.57 Å². The number of methoxy groups -OCH3 is 1. The highest BCUT2D eigenvalue weighted by molar-refractivity contribution is 5.68. The molecule has 3 heteroatoms. The molecular weight excluding hydrogens is 252 g/mol. The number of aromatic hydroxyl groups is 1. The van der Waals surface area contributed by atoms with Crippen LogP contribution in [0.15, 0.2) is 48.2 Å². The van der Waals surface area contributed by atoms with E-state index in [0.29, 0.717) is 0 Å². The number of allylic oxidation sites excluding steroid dienone is 2. The summed E-state index contributed by atoms with van der Waals surface area (Å²) in [6.07, 6.45) is 0.784. The maximum atomic E-state index is 9.34. The number of benzene rings is 2.